The molecule has 1 fully saturated rings. The van der Waals surface area contributed by atoms with Crippen molar-refractivity contribution in [2.24, 2.45) is 5.92 Å². The molecule has 1 saturated carbocycles. The number of hydrogen-bond donors (Lipinski definition) is 2. The van der Waals surface area contributed by atoms with E-state index in [9.17, 15) is 20.3 Å². The minimum absolute atomic E-state index is 0.0193. The van der Waals surface area contributed by atoms with Gasteiger partial charge in [0.1, 0.15) is 17.1 Å². The standard InChI is InChI=1S/C33H37N3O7/c1-31(2,3)43-30(38)36(15-16-40-4)20-24-27(22-9-7-6-8-10-22)33(23-13-11-21(17-34)12-14-23)32(39,29(24)37)28-25(41-5)18-35-19-26(28)42-33/h6-14,18-19,24,27,29,37,39H,15-16,20H2,1-5H3/t24-,27-,29-,32+,33+/m1/s1. The molecule has 5 rings (SSSR count). The normalized spacial score (nSPS) is 25.7. The molecule has 10 nitrogen and oxygen atoms in total. The van der Waals surface area contributed by atoms with Gasteiger partial charge >= 0.3 is 6.09 Å². The molecular weight excluding hydrogens is 550 g/mol. The predicted octanol–water partition coefficient (Wildman–Crippen LogP) is 4.10. The van der Waals surface area contributed by atoms with E-state index < -0.39 is 40.8 Å². The van der Waals surface area contributed by atoms with Gasteiger partial charge in [0.15, 0.2) is 11.2 Å². The molecule has 1 aromatic heterocycles. The van der Waals surface area contributed by atoms with E-state index in [2.05, 4.69) is 11.1 Å². The van der Waals surface area contributed by atoms with Gasteiger partial charge in [-0.15, -0.1) is 0 Å². The van der Waals surface area contributed by atoms with Crippen LogP contribution in [0, 0.1) is 17.2 Å². The van der Waals surface area contributed by atoms with E-state index in [-0.39, 0.29) is 36.8 Å². The van der Waals surface area contributed by atoms with E-state index in [0.29, 0.717) is 11.1 Å². The molecule has 2 N–H and O–H groups in total. The SMILES string of the molecule is COCCN(C[C@H]1[C@@H](O)[C@@]2(O)c3c(OC)cncc3O[C@@]2(c2ccc(C#N)cc2)[C@@H]1c1ccccc1)C(=O)OC(C)(C)C. The maximum Gasteiger partial charge on any atom is 0.410 e. The molecule has 226 valence electrons. The van der Waals surface area contributed by atoms with Gasteiger partial charge in [-0.1, -0.05) is 42.5 Å². The van der Waals surface area contributed by atoms with Gasteiger partial charge < -0.3 is 34.1 Å². The Morgan fingerprint density at radius 2 is 1.81 bits per heavy atom. The maximum atomic E-state index is 13.5. The number of benzene rings is 2. The Kier molecular flexibility index (Phi) is 8.09. The van der Waals surface area contributed by atoms with Gasteiger partial charge in [0.25, 0.3) is 0 Å². The second-order valence-corrected chi connectivity index (χ2v) is 11.9. The number of hydrogen-bond acceptors (Lipinski definition) is 9. The molecule has 5 atom stereocenters. The van der Waals surface area contributed by atoms with E-state index in [1.807, 2.05) is 30.3 Å². The molecule has 2 aromatic carbocycles. The van der Waals surface area contributed by atoms with Crippen molar-refractivity contribution < 1.29 is 34.0 Å². The monoisotopic (exact) mass is 587 g/mol. The summed E-state index contributed by atoms with van der Waals surface area (Å²) >= 11 is 0. The summed E-state index contributed by atoms with van der Waals surface area (Å²) in [5.74, 6) is -0.914. The Morgan fingerprint density at radius 1 is 1.12 bits per heavy atom. The summed E-state index contributed by atoms with van der Waals surface area (Å²) in [6.45, 7) is 5.81. The van der Waals surface area contributed by atoms with Crippen LogP contribution in [0.1, 0.15) is 48.9 Å². The molecule has 2 heterocycles. The summed E-state index contributed by atoms with van der Waals surface area (Å²) in [4.78, 5) is 19.2. The molecule has 10 heteroatoms. The minimum Gasteiger partial charge on any atom is -0.495 e. The Bertz CT molecular complexity index is 1500. The van der Waals surface area contributed by atoms with Crippen LogP contribution in [0.15, 0.2) is 67.0 Å². The number of aromatic nitrogens is 1. The zero-order valence-electron chi connectivity index (χ0n) is 25.0. The van der Waals surface area contributed by atoms with Crippen LogP contribution in [-0.2, 0) is 20.7 Å². The average molecular weight is 588 g/mol. The van der Waals surface area contributed by atoms with Gasteiger partial charge in [-0.3, -0.25) is 4.98 Å². The topological polar surface area (TPSA) is 134 Å². The molecule has 0 radical (unpaired) electrons. The number of methoxy groups -OCH3 is 2. The number of nitriles is 1. The smallest absolute Gasteiger partial charge is 0.410 e. The number of ether oxygens (including phenoxy) is 4. The molecular formula is C33H37N3O7. The quantitative estimate of drug-likeness (QED) is 0.400. The highest BCUT2D eigenvalue weighted by Crippen LogP contribution is 2.69. The number of pyridine rings is 1. The number of carbonyl (C=O) groups excluding carboxylic acids is 1. The first-order valence-electron chi connectivity index (χ1n) is 14.2. The summed E-state index contributed by atoms with van der Waals surface area (Å²) in [5, 5.41) is 34.9. The molecule has 1 aliphatic heterocycles. The van der Waals surface area contributed by atoms with Crippen LogP contribution in [0.4, 0.5) is 4.79 Å². The zero-order chi connectivity index (χ0) is 31.0. The third kappa shape index (κ3) is 4.97. The highest BCUT2D eigenvalue weighted by molar-refractivity contribution is 5.68. The largest absolute Gasteiger partial charge is 0.495 e. The Hall–Kier alpha value is -4.17. The lowest BCUT2D eigenvalue weighted by Crippen LogP contribution is -2.52. The molecule has 2 aliphatic rings. The van der Waals surface area contributed by atoms with Crippen molar-refractivity contribution >= 4 is 6.09 Å². The number of carbonyl (C=O) groups is 1. The van der Waals surface area contributed by atoms with E-state index in [0.717, 1.165) is 5.56 Å². The second-order valence-electron chi connectivity index (χ2n) is 11.9. The van der Waals surface area contributed by atoms with Crippen molar-refractivity contribution in [3.8, 4) is 17.6 Å². The van der Waals surface area contributed by atoms with Crippen LogP contribution >= 0.6 is 0 Å². The van der Waals surface area contributed by atoms with E-state index in [1.54, 1.807) is 52.1 Å². The summed E-state index contributed by atoms with van der Waals surface area (Å²) in [7, 11) is 3.01. The van der Waals surface area contributed by atoms with Crippen molar-refractivity contribution in [1.29, 1.82) is 5.26 Å². The maximum absolute atomic E-state index is 13.5. The van der Waals surface area contributed by atoms with Crippen LogP contribution in [0.2, 0.25) is 0 Å². The third-order valence-corrected chi connectivity index (χ3v) is 8.26. The van der Waals surface area contributed by atoms with Crippen LogP contribution in [0.25, 0.3) is 0 Å². The summed E-state index contributed by atoms with van der Waals surface area (Å²) in [5.41, 5.74) is -2.36. The molecule has 1 amide bonds. The highest BCUT2D eigenvalue weighted by Gasteiger charge is 2.77. The number of aliphatic hydroxyl groups is 2. The first kappa shape index (κ1) is 30.3. The fraction of sp³-hybridized carbons (Fsp3) is 0.424. The van der Waals surface area contributed by atoms with Gasteiger partial charge in [-0.25, -0.2) is 4.79 Å². The molecule has 0 unspecified atom stereocenters. The van der Waals surface area contributed by atoms with Crippen LogP contribution in [0.5, 0.6) is 11.5 Å². The van der Waals surface area contributed by atoms with Gasteiger partial charge in [0, 0.05) is 32.0 Å². The van der Waals surface area contributed by atoms with Gasteiger partial charge in [-0.05, 0) is 44.0 Å². The summed E-state index contributed by atoms with van der Waals surface area (Å²) in [6, 6.07) is 18.4. The first-order chi connectivity index (χ1) is 20.5. The molecule has 3 aromatic rings. The first-order valence-corrected chi connectivity index (χ1v) is 14.2. The van der Waals surface area contributed by atoms with Crippen molar-refractivity contribution in [1.82, 2.24) is 9.88 Å². The zero-order valence-corrected chi connectivity index (χ0v) is 25.0. The predicted molar refractivity (Wildman–Crippen MR) is 157 cm³/mol. The average Bonchev–Trinajstić information content (AvgIpc) is 3.37. The summed E-state index contributed by atoms with van der Waals surface area (Å²) in [6.07, 6.45) is 0.953. The van der Waals surface area contributed by atoms with Crippen molar-refractivity contribution in [2.75, 3.05) is 33.9 Å². The number of nitrogens with zero attached hydrogens (tertiary/aromatic N) is 3. The lowest BCUT2D eigenvalue weighted by atomic mass is 9.70. The van der Waals surface area contributed by atoms with Crippen molar-refractivity contribution in [3.05, 3.63) is 89.2 Å². The lowest BCUT2D eigenvalue weighted by Gasteiger charge is -2.41. The lowest BCUT2D eigenvalue weighted by molar-refractivity contribution is -0.152. The molecule has 43 heavy (non-hydrogen) atoms. The number of rotatable bonds is 8. The number of amides is 1. The van der Waals surface area contributed by atoms with Crippen LogP contribution in [-0.4, -0.2) is 71.8 Å². The Morgan fingerprint density at radius 3 is 2.42 bits per heavy atom. The van der Waals surface area contributed by atoms with Crippen LogP contribution < -0.4 is 9.47 Å². The van der Waals surface area contributed by atoms with E-state index in [4.69, 9.17) is 18.9 Å². The number of fused-ring (bicyclic) bond motifs is 3. The molecule has 0 saturated heterocycles. The summed E-state index contributed by atoms with van der Waals surface area (Å²) < 4.78 is 23.5. The molecule has 0 spiro atoms. The minimum atomic E-state index is -2.04. The van der Waals surface area contributed by atoms with Crippen molar-refractivity contribution in [2.45, 2.75) is 49.6 Å². The van der Waals surface area contributed by atoms with E-state index in [1.165, 1.54) is 24.4 Å². The number of aliphatic hydroxyl groups excluding tert-OH is 1. The third-order valence-electron chi connectivity index (χ3n) is 8.26. The van der Waals surface area contributed by atoms with Gasteiger partial charge in [0.2, 0.25) is 0 Å². The van der Waals surface area contributed by atoms with Gasteiger partial charge in [-0.2, -0.15) is 5.26 Å². The Labute approximate surface area is 251 Å². The Balaban J connectivity index is 1.75. The van der Waals surface area contributed by atoms with Gasteiger partial charge in [0.05, 0.1) is 49.4 Å². The fourth-order valence-electron chi connectivity index (χ4n) is 6.57. The molecule has 0 bridgehead atoms. The molecule has 1 aliphatic carbocycles. The second kappa shape index (κ2) is 11.5. The van der Waals surface area contributed by atoms with Crippen molar-refractivity contribution in [3.63, 3.8) is 0 Å². The van der Waals surface area contributed by atoms with E-state index >= 15 is 0 Å². The van der Waals surface area contributed by atoms with Crippen LogP contribution in [0.3, 0.4) is 0 Å². The fourth-order valence-corrected chi connectivity index (χ4v) is 6.57. The highest BCUT2D eigenvalue weighted by atomic mass is 16.6.